The van der Waals surface area contributed by atoms with Gasteiger partial charge in [0, 0.05) is 19.0 Å². The first-order valence-electron chi connectivity index (χ1n) is 8.46. The molecule has 1 aliphatic heterocycles. The Morgan fingerprint density at radius 3 is 2.13 bits per heavy atom. The molecule has 0 unspecified atom stereocenters. The zero-order valence-electron chi connectivity index (χ0n) is 13.7. The molecule has 3 heteroatoms. The van der Waals surface area contributed by atoms with Gasteiger partial charge < -0.3 is 4.90 Å². The van der Waals surface area contributed by atoms with Crippen LogP contribution in [0.15, 0.2) is 60.7 Å². The number of carbonyl (C=O) groups is 1. The molecule has 0 spiro atoms. The maximum atomic E-state index is 12.2. The third kappa shape index (κ3) is 3.82. The normalized spacial score (nSPS) is 17.7. The van der Waals surface area contributed by atoms with E-state index in [2.05, 4.69) is 65.6 Å². The van der Waals surface area contributed by atoms with Crippen LogP contribution in [0.4, 0.5) is 0 Å². The van der Waals surface area contributed by atoms with E-state index in [1.165, 1.54) is 10.6 Å². The predicted molar refractivity (Wildman–Crippen MR) is 99.0 cm³/mol. The molecule has 0 radical (unpaired) electrons. The van der Waals surface area contributed by atoms with Crippen molar-refractivity contribution >= 4 is 24.4 Å². The highest BCUT2D eigenvalue weighted by atomic mass is 31.1. The van der Waals surface area contributed by atoms with Gasteiger partial charge in [0.15, 0.2) is 0 Å². The Morgan fingerprint density at radius 1 is 1.04 bits per heavy atom. The first kappa shape index (κ1) is 16.2. The summed E-state index contributed by atoms with van der Waals surface area (Å²) in [5.74, 6) is 0.309. The van der Waals surface area contributed by atoms with E-state index in [1.54, 1.807) is 0 Å². The minimum atomic E-state index is -0.412. The zero-order valence-corrected chi connectivity index (χ0v) is 14.6. The Balaban J connectivity index is 1.86. The van der Waals surface area contributed by atoms with Crippen molar-refractivity contribution < 1.29 is 4.79 Å². The molecule has 0 N–H and O–H groups in total. The molecular formula is C20H24NOP. The van der Waals surface area contributed by atoms with Crippen LogP contribution < -0.4 is 10.6 Å². The van der Waals surface area contributed by atoms with E-state index >= 15 is 0 Å². The van der Waals surface area contributed by atoms with Crippen molar-refractivity contribution in [2.45, 2.75) is 32.2 Å². The maximum absolute atomic E-state index is 12.2. The summed E-state index contributed by atoms with van der Waals surface area (Å²) >= 11 is 0. The molecule has 1 saturated heterocycles. The summed E-state index contributed by atoms with van der Waals surface area (Å²) in [5, 5.41) is 2.81. The highest BCUT2D eigenvalue weighted by molar-refractivity contribution is 7.73. The van der Waals surface area contributed by atoms with Crippen molar-refractivity contribution in [1.82, 2.24) is 4.90 Å². The molecule has 120 valence electrons. The van der Waals surface area contributed by atoms with Gasteiger partial charge in [-0.3, -0.25) is 4.79 Å². The lowest BCUT2D eigenvalue weighted by molar-refractivity contribution is -0.131. The van der Waals surface area contributed by atoms with Crippen LogP contribution in [0, 0.1) is 0 Å². The largest absolute Gasteiger partial charge is 0.339 e. The number of hydrogen-bond donors (Lipinski definition) is 0. The predicted octanol–water partition coefficient (Wildman–Crippen LogP) is 3.52. The van der Waals surface area contributed by atoms with Crippen LogP contribution in [0.2, 0.25) is 0 Å². The SMILES string of the molecule is CCC(=O)N1CCC[C@H]1CP(c1ccccc1)c1ccccc1. The van der Waals surface area contributed by atoms with Gasteiger partial charge in [0.1, 0.15) is 0 Å². The lowest BCUT2D eigenvalue weighted by atomic mass is 10.2. The molecular weight excluding hydrogens is 301 g/mol. The van der Waals surface area contributed by atoms with Gasteiger partial charge in [-0.1, -0.05) is 67.6 Å². The number of nitrogens with zero attached hydrogens (tertiary/aromatic N) is 1. The molecule has 3 rings (SSSR count). The lowest BCUT2D eigenvalue weighted by Gasteiger charge is -2.29. The molecule has 1 atom stereocenters. The van der Waals surface area contributed by atoms with E-state index in [4.69, 9.17) is 0 Å². The maximum Gasteiger partial charge on any atom is 0.222 e. The molecule has 2 aromatic rings. The van der Waals surface area contributed by atoms with Gasteiger partial charge in [-0.15, -0.1) is 0 Å². The van der Waals surface area contributed by atoms with Crippen LogP contribution in [0.5, 0.6) is 0 Å². The molecule has 1 heterocycles. The summed E-state index contributed by atoms with van der Waals surface area (Å²) in [6.45, 7) is 2.90. The van der Waals surface area contributed by atoms with Crippen LogP contribution in [-0.4, -0.2) is 29.6 Å². The van der Waals surface area contributed by atoms with E-state index in [1.807, 2.05) is 6.92 Å². The lowest BCUT2D eigenvalue weighted by Crippen LogP contribution is -2.38. The third-order valence-corrected chi connectivity index (χ3v) is 7.16. The average Bonchev–Trinajstić information content (AvgIpc) is 3.09. The average molecular weight is 325 g/mol. The van der Waals surface area contributed by atoms with Crippen molar-refractivity contribution in [3.8, 4) is 0 Å². The minimum absolute atomic E-state index is 0.309. The number of likely N-dealkylation sites (tertiary alicyclic amines) is 1. The molecule has 0 saturated carbocycles. The summed E-state index contributed by atoms with van der Waals surface area (Å²) < 4.78 is 0. The number of carbonyl (C=O) groups excluding carboxylic acids is 1. The minimum Gasteiger partial charge on any atom is -0.339 e. The molecule has 1 aliphatic rings. The summed E-state index contributed by atoms with van der Waals surface area (Å²) in [5.41, 5.74) is 0. The fourth-order valence-electron chi connectivity index (χ4n) is 3.34. The summed E-state index contributed by atoms with van der Waals surface area (Å²) in [4.78, 5) is 14.3. The fraction of sp³-hybridized carbons (Fsp3) is 0.350. The quantitative estimate of drug-likeness (QED) is 0.770. The first-order chi connectivity index (χ1) is 11.3. The van der Waals surface area contributed by atoms with Crippen LogP contribution >= 0.6 is 7.92 Å². The van der Waals surface area contributed by atoms with E-state index < -0.39 is 7.92 Å². The molecule has 0 bridgehead atoms. The van der Waals surface area contributed by atoms with E-state index in [-0.39, 0.29) is 0 Å². The Kier molecular flexibility index (Phi) is 5.46. The smallest absolute Gasteiger partial charge is 0.222 e. The van der Waals surface area contributed by atoms with Gasteiger partial charge in [0.25, 0.3) is 0 Å². The van der Waals surface area contributed by atoms with E-state index in [9.17, 15) is 4.79 Å². The summed E-state index contributed by atoms with van der Waals surface area (Å²) in [7, 11) is -0.412. The molecule has 0 aliphatic carbocycles. The second kappa shape index (κ2) is 7.75. The number of benzene rings is 2. The van der Waals surface area contributed by atoms with Gasteiger partial charge >= 0.3 is 0 Å². The highest BCUT2D eigenvalue weighted by Crippen LogP contribution is 2.37. The van der Waals surface area contributed by atoms with Crippen LogP contribution in [0.25, 0.3) is 0 Å². The molecule has 2 nitrogen and oxygen atoms in total. The van der Waals surface area contributed by atoms with E-state index in [0.717, 1.165) is 25.5 Å². The third-order valence-electron chi connectivity index (χ3n) is 4.53. The van der Waals surface area contributed by atoms with Gasteiger partial charge in [-0.2, -0.15) is 0 Å². The molecule has 2 aromatic carbocycles. The summed E-state index contributed by atoms with van der Waals surface area (Å²) in [6.07, 6.45) is 3.98. The topological polar surface area (TPSA) is 20.3 Å². The first-order valence-corrected chi connectivity index (χ1v) is 9.99. The Bertz CT molecular complexity index is 589. The number of hydrogen-bond acceptors (Lipinski definition) is 1. The monoisotopic (exact) mass is 325 g/mol. The van der Waals surface area contributed by atoms with Gasteiger partial charge in [0.2, 0.25) is 5.91 Å². The summed E-state index contributed by atoms with van der Waals surface area (Å²) in [6, 6.07) is 22.0. The molecule has 1 fully saturated rings. The van der Waals surface area contributed by atoms with Crippen molar-refractivity contribution in [2.24, 2.45) is 0 Å². The molecule has 1 amide bonds. The van der Waals surface area contributed by atoms with E-state index in [0.29, 0.717) is 18.4 Å². The van der Waals surface area contributed by atoms with Crippen LogP contribution in [-0.2, 0) is 4.79 Å². The van der Waals surface area contributed by atoms with Crippen molar-refractivity contribution in [2.75, 3.05) is 12.7 Å². The fourth-order valence-corrected chi connectivity index (χ4v) is 5.93. The molecule has 0 aromatic heterocycles. The molecule has 23 heavy (non-hydrogen) atoms. The standard InChI is InChI=1S/C20H24NOP/c1-2-20(22)21-15-9-10-17(21)16-23(18-11-5-3-6-12-18)19-13-7-4-8-14-19/h3-8,11-14,17H,2,9-10,15-16H2,1H3/t17-/m0/s1. The second-order valence-electron chi connectivity index (χ2n) is 6.02. The van der Waals surface area contributed by atoms with Gasteiger partial charge in [-0.25, -0.2) is 0 Å². The number of rotatable bonds is 5. The Labute approximate surface area is 140 Å². The van der Waals surface area contributed by atoms with Gasteiger partial charge in [0.05, 0.1) is 0 Å². The highest BCUT2D eigenvalue weighted by Gasteiger charge is 2.30. The van der Waals surface area contributed by atoms with Crippen LogP contribution in [0.3, 0.4) is 0 Å². The zero-order chi connectivity index (χ0) is 16.1. The van der Waals surface area contributed by atoms with Crippen molar-refractivity contribution in [1.29, 1.82) is 0 Å². The van der Waals surface area contributed by atoms with Crippen molar-refractivity contribution in [3.63, 3.8) is 0 Å². The second-order valence-corrected chi connectivity index (χ2v) is 8.27. The van der Waals surface area contributed by atoms with Crippen molar-refractivity contribution in [3.05, 3.63) is 60.7 Å². The number of amides is 1. The van der Waals surface area contributed by atoms with Gasteiger partial charge in [-0.05, 0) is 37.5 Å². The Hall–Kier alpha value is -1.66. The van der Waals surface area contributed by atoms with Crippen LogP contribution in [0.1, 0.15) is 26.2 Å². The Morgan fingerprint density at radius 2 is 1.61 bits per heavy atom.